The molecule has 0 fully saturated rings. The standard InChI is InChI=1S/C19H16N10/c1-28-16(3-6-23-28)25-19-22-5-2-15(24-19)14-4-7-29-17(26-27-18(29)9-14)8-13-10-20-12-21-11-13/h2-7,9-12H,8H2,1H3,(H,22,24,25). The molecule has 0 aliphatic heterocycles. The molecule has 0 saturated carbocycles. The second kappa shape index (κ2) is 7.08. The van der Waals surface area contributed by atoms with E-state index in [1.807, 2.05) is 41.9 Å². The van der Waals surface area contributed by atoms with Gasteiger partial charge in [-0.2, -0.15) is 5.10 Å². The van der Waals surface area contributed by atoms with Crippen LogP contribution in [-0.4, -0.2) is 44.3 Å². The maximum absolute atomic E-state index is 4.60. The highest BCUT2D eigenvalue weighted by Gasteiger charge is 2.10. The minimum Gasteiger partial charge on any atom is -0.309 e. The van der Waals surface area contributed by atoms with Crippen molar-refractivity contribution in [1.82, 2.24) is 44.3 Å². The van der Waals surface area contributed by atoms with Crippen molar-refractivity contribution in [3.05, 3.63) is 73.0 Å². The average molecular weight is 384 g/mol. The number of pyridine rings is 1. The first-order chi connectivity index (χ1) is 14.3. The van der Waals surface area contributed by atoms with E-state index in [1.54, 1.807) is 29.5 Å². The molecule has 5 heterocycles. The van der Waals surface area contributed by atoms with E-state index < -0.39 is 0 Å². The van der Waals surface area contributed by atoms with Crippen molar-refractivity contribution in [2.75, 3.05) is 5.32 Å². The van der Waals surface area contributed by atoms with Crippen LogP contribution in [0.3, 0.4) is 0 Å². The molecule has 10 heteroatoms. The minimum absolute atomic E-state index is 0.497. The van der Waals surface area contributed by atoms with Gasteiger partial charge < -0.3 is 5.32 Å². The Labute approximate surface area is 165 Å². The lowest BCUT2D eigenvalue weighted by Gasteiger charge is -2.07. The van der Waals surface area contributed by atoms with Gasteiger partial charge in [0.1, 0.15) is 18.0 Å². The SMILES string of the molecule is Cn1nccc1Nc1nccc(-c2ccn3c(Cc4cncnc4)nnc3c2)n1. The van der Waals surface area contributed by atoms with Gasteiger partial charge in [0.2, 0.25) is 5.95 Å². The number of anilines is 2. The highest BCUT2D eigenvalue weighted by atomic mass is 15.3. The molecule has 0 atom stereocenters. The molecule has 0 spiro atoms. The topological polar surface area (TPSA) is 112 Å². The van der Waals surface area contributed by atoms with Gasteiger partial charge in [0.15, 0.2) is 5.65 Å². The molecule has 0 amide bonds. The molecule has 5 aromatic rings. The van der Waals surface area contributed by atoms with E-state index in [1.165, 1.54) is 6.33 Å². The molecule has 5 aromatic heterocycles. The van der Waals surface area contributed by atoms with E-state index >= 15 is 0 Å². The van der Waals surface area contributed by atoms with E-state index in [4.69, 9.17) is 0 Å². The second-order valence-corrected chi connectivity index (χ2v) is 6.41. The third-order valence-corrected chi connectivity index (χ3v) is 4.47. The Bertz CT molecular complexity index is 1270. The van der Waals surface area contributed by atoms with Crippen molar-refractivity contribution >= 4 is 17.4 Å². The lowest BCUT2D eigenvalue weighted by atomic mass is 10.2. The van der Waals surface area contributed by atoms with Gasteiger partial charge in [-0.15, -0.1) is 10.2 Å². The van der Waals surface area contributed by atoms with Gasteiger partial charge in [-0.1, -0.05) is 0 Å². The number of aromatic nitrogens is 9. The van der Waals surface area contributed by atoms with E-state index in [-0.39, 0.29) is 0 Å². The van der Waals surface area contributed by atoms with Gasteiger partial charge in [-0.3, -0.25) is 9.08 Å². The van der Waals surface area contributed by atoms with Crippen LogP contribution in [0.25, 0.3) is 16.9 Å². The van der Waals surface area contributed by atoms with Crippen molar-refractivity contribution in [3.63, 3.8) is 0 Å². The van der Waals surface area contributed by atoms with Crippen LogP contribution in [0, 0.1) is 0 Å². The van der Waals surface area contributed by atoms with Gasteiger partial charge in [0, 0.05) is 49.9 Å². The predicted octanol–water partition coefficient (Wildman–Crippen LogP) is 2.04. The molecule has 29 heavy (non-hydrogen) atoms. The highest BCUT2D eigenvalue weighted by Crippen LogP contribution is 2.21. The molecule has 0 unspecified atom stereocenters. The summed E-state index contributed by atoms with van der Waals surface area (Å²) in [6, 6.07) is 7.65. The van der Waals surface area contributed by atoms with Gasteiger partial charge in [0.25, 0.3) is 0 Å². The van der Waals surface area contributed by atoms with Crippen molar-refractivity contribution in [1.29, 1.82) is 0 Å². The van der Waals surface area contributed by atoms with E-state index in [9.17, 15) is 0 Å². The molecule has 0 bridgehead atoms. The van der Waals surface area contributed by atoms with Crippen LogP contribution in [0.5, 0.6) is 0 Å². The first-order valence-electron chi connectivity index (χ1n) is 8.92. The lowest BCUT2D eigenvalue weighted by Crippen LogP contribution is -2.03. The normalized spacial score (nSPS) is 11.1. The van der Waals surface area contributed by atoms with Crippen LogP contribution in [0.2, 0.25) is 0 Å². The summed E-state index contributed by atoms with van der Waals surface area (Å²) in [6.45, 7) is 0. The maximum atomic E-state index is 4.60. The Morgan fingerprint density at radius 1 is 1.03 bits per heavy atom. The van der Waals surface area contributed by atoms with Gasteiger partial charge in [0.05, 0.1) is 11.9 Å². The Kier molecular flexibility index (Phi) is 4.13. The van der Waals surface area contributed by atoms with Crippen LogP contribution in [0.1, 0.15) is 11.4 Å². The minimum atomic E-state index is 0.497. The quantitative estimate of drug-likeness (QED) is 0.490. The molecule has 1 N–H and O–H groups in total. The second-order valence-electron chi connectivity index (χ2n) is 6.41. The highest BCUT2D eigenvalue weighted by molar-refractivity contribution is 5.65. The van der Waals surface area contributed by atoms with Crippen molar-refractivity contribution < 1.29 is 0 Å². The molecule has 5 rings (SSSR count). The third kappa shape index (κ3) is 3.38. The number of hydrogen-bond donors (Lipinski definition) is 1. The summed E-state index contributed by atoms with van der Waals surface area (Å²) in [4.78, 5) is 17.0. The first-order valence-corrected chi connectivity index (χ1v) is 8.92. The Balaban J connectivity index is 1.44. The molecule has 0 radical (unpaired) electrons. The fourth-order valence-electron chi connectivity index (χ4n) is 3.01. The largest absolute Gasteiger partial charge is 0.309 e. The van der Waals surface area contributed by atoms with E-state index in [0.717, 1.165) is 34.1 Å². The van der Waals surface area contributed by atoms with Crippen LogP contribution in [0.15, 0.2) is 61.6 Å². The predicted molar refractivity (Wildman–Crippen MR) is 105 cm³/mol. The van der Waals surface area contributed by atoms with Crippen LogP contribution in [-0.2, 0) is 13.5 Å². The summed E-state index contributed by atoms with van der Waals surface area (Å²) in [5.74, 6) is 2.13. The van der Waals surface area contributed by atoms with Crippen LogP contribution in [0.4, 0.5) is 11.8 Å². The maximum Gasteiger partial charge on any atom is 0.228 e. The van der Waals surface area contributed by atoms with Crippen LogP contribution < -0.4 is 5.32 Å². The Morgan fingerprint density at radius 3 is 2.76 bits per heavy atom. The molecule has 10 nitrogen and oxygen atoms in total. The molecular formula is C19H16N10. The first kappa shape index (κ1) is 16.9. The number of nitrogens with zero attached hydrogens (tertiary/aromatic N) is 9. The number of nitrogens with one attached hydrogen (secondary N) is 1. The summed E-state index contributed by atoms with van der Waals surface area (Å²) >= 11 is 0. The Morgan fingerprint density at radius 2 is 1.93 bits per heavy atom. The fourth-order valence-corrected chi connectivity index (χ4v) is 3.01. The summed E-state index contributed by atoms with van der Waals surface area (Å²) in [7, 11) is 1.85. The number of fused-ring (bicyclic) bond motifs is 1. The van der Waals surface area contributed by atoms with Crippen molar-refractivity contribution in [2.45, 2.75) is 6.42 Å². The van der Waals surface area contributed by atoms with Crippen LogP contribution >= 0.6 is 0 Å². The summed E-state index contributed by atoms with van der Waals surface area (Å²) in [5.41, 5.74) is 3.43. The summed E-state index contributed by atoms with van der Waals surface area (Å²) < 4.78 is 3.67. The zero-order valence-electron chi connectivity index (χ0n) is 15.5. The molecule has 0 aliphatic carbocycles. The molecule has 0 saturated heterocycles. The van der Waals surface area contributed by atoms with E-state index in [2.05, 4.69) is 40.5 Å². The van der Waals surface area contributed by atoms with E-state index in [0.29, 0.717) is 12.4 Å². The molecule has 0 aliphatic rings. The van der Waals surface area contributed by atoms with Crippen molar-refractivity contribution in [3.8, 4) is 11.3 Å². The lowest BCUT2D eigenvalue weighted by molar-refractivity contribution is 0.775. The summed E-state index contributed by atoms with van der Waals surface area (Å²) in [5, 5.41) is 15.9. The summed E-state index contributed by atoms with van der Waals surface area (Å²) in [6.07, 6.45) is 11.0. The monoisotopic (exact) mass is 384 g/mol. The Hall–Kier alpha value is -4.21. The smallest absolute Gasteiger partial charge is 0.228 e. The number of hydrogen-bond acceptors (Lipinski definition) is 8. The molecule has 0 aromatic carbocycles. The fraction of sp³-hybridized carbons (Fsp3) is 0.105. The molecular weight excluding hydrogens is 368 g/mol. The average Bonchev–Trinajstić information content (AvgIpc) is 3.35. The number of rotatable bonds is 5. The van der Waals surface area contributed by atoms with Gasteiger partial charge in [-0.05, 0) is 23.8 Å². The zero-order chi connectivity index (χ0) is 19.6. The van der Waals surface area contributed by atoms with Gasteiger partial charge in [-0.25, -0.2) is 19.9 Å². The van der Waals surface area contributed by atoms with Crippen molar-refractivity contribution in [2.24, 2.45) is 7.05 Å². The zero-order valence-corrected chi connectivity index (χ0v) is 15.5. The number of aryl methyl sites for hydroxylation is 1. The van der Waals surface area contributed by atoms with Gasteiger partial charge >= 0.3 is 0 Å². The third-order valence-electron chi connectivity index (χ3n) is 4.47. The molecule has 142 valence electrons.